The summed E-state index contributed by atoms with van der Waals surface area (Å²) in [6.07, 6.45) is 7.98. The molecule has 0 unspecified atom stereocenters. The molecule has 2 heterocycles. The second kappa shape index (κ2) is 8.56. The van der Waals surface area contributed by atoms with Crippen LogP contribution in [0.1, 0.15) is 48.0 Å². The minimum Gasteiger partial charge on any atom is -0.496 e. The largest absolute Gasteiger partial charge is 0.496 e. The maximum atomic E-state index is 11.2. The zero-order valence-corrected chi connectivity index (χ0v) is 17.0. The molecule has 0 amide bonds. The third kappa shape index (κ3) is 4.14. The number of hydrogen-bond acceptors (Lipinski definition) is 7. The number of aromatic carboxylic acids is 1. The third-order valence-electron chi connectivity index (χ3n) is 5.64. The SMILES string of the molecule is COc1cc(C(=O)O)ccc1Cn1ncc2nc(N)nc(NCC3CCCCC3)c21. The summed E-state index contributed by atoms with van der Waals surface area (Å²) in [6, 6.07) is 4.81. The average Bonchev–Trinajstić information content (AvgIpc) is 3.15. The summed E-state index contributed by atoms with van der Waals surface area (Å²) in [5.74, 6) is 0.998. The van der Waals surface area contributed by atoms with E-state index < -0.39 is 5.97 Å². The van der Waals surface area contributed by atoms with Crippen molar-refractivity contribution >= 4 is 28.8 Å². The Morgan fingerprint density at radius 1 is 1.30 bits per heavy atom. The van der Waals surface area contributed by atoms with Crippen molar-refractivity contribution in [1.29, 1.82) is 0 Å². The summed E-state index contributed by atoms with van der Waals surface area (Å²) in [5.41, 5.74) is 8.32. The molecule has 0 saturated heterocycles. The summed E-state index contributed by atoms with van der Waals surface area (Å²) in [6.45, 7) is 1.23. The number of rotatable bonds is 7. The number of carboxylic acid groups (broad SMARTS) is 1. The number of carboxylic acids is 1. The highest BCUT2D eigenvalue weighted by atomic mass is 16.5. The number of carbonyl (C=O) groups is 1. The Morgan fingerprint density at radius 2 is 2.10 bits per heavy atom. The number of methoxy groups -OCH3 is 1. The molecule has 9 nitrogen and oxygen atoms in total. The number of nitrogens with one attached hydrogen (secondary N) is 1. The number of hydrogen-bond donors (Lipinski definition) is 3. The summed E-state index contributed by atoms with van der Waals surface area (Å²) >= 11 is 0. The number of nitrogens with two attached hydrogens (primary N) is 1. The summed E-state index contributed by atoms with van der Waals surface area (Å²) in [5, 5.41) is 17.1. The minimum atomic E-state index is -0.998. The lowest BCUT2D eigenvalue weighted by Gasteiger charge is -2.22. The Labute approximate surface area is 174 Å². The molecule has 1 aliphatic carbocycles. The molecule has 0 atom stereocenters. The van der Waals surface area contributed by atoms with Gasteiger partial charge in [0.2, 0.25) is 5.95 Å². The van der Waals surface area contributed by atoms with E-state index in [1.807, 2.05) is 0 Å². The van der Waals surface area contributed by atoms with Crippen LogP contribution in [0.3, 0.4) is 0 Å². The van der Waals surface area contributed by atoms with E-state index in [-0.39, 0.29) is 11.5 Å². The molecule has 1 fully saturated rings. The fourth-order valence-electron chi connectivity index (χ4n) is 4.06. The van der Waals surface area contributed by atoms with Crippen LogP contribution in [0, 0.1) is 5.92 Å². The fraction of sp³-hybridized carbons (Fsp3) is 0.429. The van der Waals surface area contributed by atoms with E-state index in [0.29, 0.717) is 29.5 Å². The summed E-state index contributed by atoms with van der Waals surface area (Å²) in [7, 11) is 1.52. The van der Waals surface area contributed by atoms with Crippen LogP contribution in [0.2, 0.25) is 0 Å². The van der Waals surface area contributed by atoms with Crippen LogP contribution >= 0.6 is 0 Å². The van der Waals surface area contributed by atoms with E-state index in [2.05, 4.69) is 20.4 Å². The molecule has 1 aliphatic rings. The Morgan fingerprint density at radius 3 is 2.83 bits per heavy atom. The molecule has 1 saturated carbocycles. The lowest BCUT2D eigenvalue weighted by atomic mass is 9.89. The molecule has 4 rings (SSSR count). The maximum Gasteiger partial charge on any atom is 0.335 e. The van der Waals surface area contributed by atoms with Crippen LogP contribution in [-0.2, 0) is 6.54 Å². The molecule has 0 bridgehead atoms. The first kappa shape index (κ1) is 19.9. The molecule has 3 aromatic rings. The van der Waals surface area contributed by atoms with Gasteiger partial charge in [0.05, 0.1) is 25.4 Å². The topological polar surface area (TPSA) is 128 Å². The predicted octanol–water partition coefficient (Wildman–Crippen LogP) is 3.16. The lowest BCUT2D eigenvalue weighted by Crippen LogP contribution is -2.19. The van der Waals surface area contributed by atoms with Gasteiger partial charge in [-0.25, -0.2) is 9.78 Å². The molecule has 158 valence electrons. The molecule has 30 heavy (non-hydrogen) atoms. The molecule has 1 aromatic carbocycles. The number of benzene rings is 1. The Bertz CT molecular complexity index is 1060. The second-order valence-corrected chi connectivity index (χ2v) is 7.68. The van der Waals surface area contributed by atoms with Gasteiger partial charge in [-0.1, -0.05) is 25.3 Å². The highest BCUT2D eigenvalue weighted by Gasteiger charge is 2.18. The van der Waals surface area contributed by atoms with E-state index in [1.54, 1.807) is 23.0 Å². The van der Waals surface area contributed by atoms with Crippen LogP contribution in [0.15, 0.2) is 24.4 Å². The van der Waals surface area contributed by atoms with Crippen molar-refractivity contribution < 1.29 is 14.6 Å². The van der Waals surface area contributed by atoms with Gasteiger partial charge >= 0.3 is 5.97 Å². The van der Waals surface area contributed by atoms with Crippen molar-refractivity contribution in [3.05, 3.63) is 35.5 Å². The van der Waals surface area contributed by atoms with Crippen LogP contribution in [0.4, 0.5) is 11.8 Å². The molecule has 0 spiro atoms. The van der Waals surface area contributed by atoms with Crippen LogP contribution in [-0.4, -0.2) is 44.5 Å². The first-order valence-electron chi connectivity index (χ1n) is 10.2. The average molecular weight is 410 g/mol. The van der Waals surface area contributed by atoms with E-state index in [9.17, 15) is 9.90 Å². The van der Waals surface area contributed by atoms with Crippen molar-refractivity contribution in [2.75, 3.05) is 24.7 Å². The lowest BCUT2D eigenvalue weighted by molar-refractivity contribution is 0.0696. The first-order chi connectivity index (χ1) is 14.5. The standard InChI is InChI=1S/C21H26N6O3/c1-30-17-9-14(20(28)29)7-8-15(17)12-27-18-16(11-24-27)25-21(22)26-19(18)23-10-13-5-3-2-4-6-13/h7-9,11,13H,2-6,10,12H2,1H3,(H,28,29)(H3,22,23,25,26). The Hall–Kier alpha value is -3.36. The first-order valence-corrected chi connectivity index (χ1v) is 10.2. The molecular weight excluding hydrogens is 384 g/mol. The molecule has 9 heteroatoms. The number of nitrogens with zero attached hydrogens (tertiary/aromatic N) is 4. The van der Waals surface area contributed by atoms with Gasteiger partial charge in [-0.3, -0.25) is 4.68 Å². The predicted molar refractivity (Wildman–Crippen MR) is 114 cm³/mol. The van der Waals surface area contributed by atoms with Gasteiger partial charge in [-0.05, 0) is 30.9 Å². The molecule has 0 aliphatic heterocycles. The van der Waals surface area contributed by atoms with Crippen molar-refractivity contribution in [3.8, 4) is 5.75 Å². The monoisotopic (exact) mass is 410 g/mol. The van der Waals surface area contributed by atoms with E-state index in [4.69, 9.17) is 10.5 Å². The molecule has 2 aromatic heterocycles. The van der Waals surface area contributed by atoms with E-state index in [1.165, 1.54) is 45.3 Å². The van der Waals surface area contributed by atoms with E-state index in [0.717, 1.165) is 17.6 Å². The van der Waals surface area contributed by atoms with Gasteiger partial charge in [-0.2, -0.15) is 10.1 Å². The van der Waals surface area contributed by atoms with Gasteiger partial charge in [0.15, 0.2) is 5.82 Å². The number of anilines is 2. The Balaban J connectivity index is 1.64. The number of aromatic nitrogens is 4. The zero-order valence-electron chi connectivity index (χ0n) is 17.0. The van der Waals surface area contributed by atoms with Gasteiger partial charge in [0.1, 0.15) is 16.8 Å². The van der Waals surface area contributed by atoms with Crippen molar-refractivity contribution in [1.82, 2.24) is 19.7 Å². The highest BCUT2D eigenvalue weighted by molar-refractivity contribution is 5.88. The summed E-state index contributed by atoms with van der Waals surface area (Å²) < 4.78 is 7.19. The number of fused-ring (bicyclic) bond motifs is 1. The third-order valence-corrected chi connectivity index (χ3v) is 5.64. The minimum absolute atomic E-state index is 0.173. The quantitative estimate of drug-likeness (QED) is 0.542. The van der Waals surface area contributed by atoms with Crippen molar-refractivity contribution in [3.63, 3.8) is 0 Å². The number of nitrogen functional groups attached to an aromatic ring is 1. The van der Waals surface area contributed by atoms with Gasteiger partial charge in [0, 0.05) is 12.1 Å². The second-order valence-electron chi connectivity index (χ2n) is 7.68. The Kier molecular flexibility index (Phi) is 5.69. The fourth-order valence-corrected chi connectivity index (χ4v) is 4.06. The summed E-state index contributed by atoms with van der Waals surface area (Å²) in [4.78, 5) is 20.0. The van der Waals surface area contributed by atoms with Crippen molar-refractivity contribution in [2.45, 2.75) is 38.6 Å². The highest BCUT2D eigenvalue weighted by Crippen LogP contribution is 2.28. The maximum absolute atomic E-state index is 11.2. The number of ether oxygens (including phenoxy) is 1. The molecule has 0 radical (unpaired) electrons. The van der Waals surface area contributed by atoms with Crippen LogP contribution in [0.25, 0.3) is 11.0 Å². The van der Waals surface area contributed by atoms with E-state index >= 15 is 0 Å². The van der Waals surface area contributed by atoms with Gasteiger partial charge in [0.25, 0.3) is 0 Å². The van der Waals surface area contributed by atoms with Crippen LogP contribution in [0.5, 0.6) is 5.75 Å². The van der Waals surface area contributed by atoms with Gasteiger partial charge < -0.3 is 20.9 Å². The van der Waals surface area contributed by atoms with Gasteiger partial charge in [-0.15, -0.1) is 0 Å². The van der Waals surface area contributed by atoms with Crippen molar-refractivity contribution in [2.24, 2.45) is 5.92 Å². The normalized spacial score (nSPS) is 14.7. The molecule has 4 N–H and O–H groups in total. The van der Waals surface area contributed by atoms with Crippen LogP contribution < -0.4 is 15.8 Å². The smallest absolute Gasteiger partial charge is 0.335 e. The molecular formula is C21H26N6O3. The zero-order chi connectivity index (χ0) is 21.1.